The molecular weight excluding hydrogens is 507 g/mol. The van der Waals surface area contributed by atoms with Crippen LogP contribution in [0, 0.1) is 5.82 Å². The summed E-state index contributed by atoms with van der Waals surface area (Å²) in [5, 5.41) is -0.0456. The van der Waals surface area contributed by atoms with Gasteiger partial charge in [-0.2, -0.15) is 0 Å². The van der Waals surface area contributed by atoms with Gasteiger partial charge < -0.3 is 19.1 Å². The molecule has 4 rings (SSSR count). The Bertz CT molecular complexity index is 1430. The third kappa shape index (κ3) is 5.20. The number of halogens is 3. The molecule has 0 aliphatic carbocycles. The van der Waals surface area contributed by atoms with Crippen LogP contribution in [-0.2, 0) is 11.3 Å². The second-order valence-electron chi connectivity index (χ2n) is 8.95. The lowest BCUT2D eigenvalue weighted by Gasteiger charge is -2.31. The normalized spacial score (nSPS) is 14.2. The van der Waals surface area contributed by atoms with Gasteiger partial charge in [0.15, 0.2) is 29.2 Å². The van der Waals surface area contributed by atoms with Gasteiger partial charge in [-0.3, -0.25) is 18.7 Å². The minimum atomic E-state index is -1.53. The fourth-order valence-corrected chi connectivity index (χ4v) is 4.66. The summed E-state index contributed by atoms with van der Waals surface area (Å²) in [5.41, 5.74) is -0.768. The van der Waals surface area contributed by atoms with Crippen molar-refractivity contribution in [2.75, 3.05) is 40.7 Å². The fraction of sp³-hybridized carbons (Fsp3) is 0.423. The molecule has 38 heavy (non-hydrogen) atoms. The number of alkyl halides is 2. The van der Waals surface area contributed by atoms with Crippen molar-refractivity contribution in [1.29, 1.82) is 0 Å². The molecule has 204 valence electrons. The molecule has 0 N–H and O–H groups in total. The van der Waals surface area contributed by atoms with Crippen LogP contribution in [0.1, 0.15) is 24.4 Å². The molecule has 12 heteroatoms. The van der Waals surface area contributed by atoms with E-state index in [2.05, 4.69) is 0 Å². The van der Waals surface area contributed by atoms with Gasteiger partial charge in [0.2, 0.25) is 6.41 Å². The molecule has 1 saturated heterocycles. The summed E-state index contributed by atoms with van der Waals surface area (Å²) in [7, 11) is 2.94. The van der Waals surface area contributed by atoms with Crippen molar-refractivity contribution in [2.45, 2.75) is 31.5 Å². The van der Waals surface area contributed by atoms with E-state index in [1.165, 1.54) is 18.8 Å². The highest BCUT2D eigenvalue weighted by Gasteiger charge is 2.26. The number of benzene rings is 2. The van der Waals surface area contributed by atoms with Gasteiger partial charge in [-0.05, 0) is 36.6 Å². The quantitative estimate of drug-likeness (QED) is 0.371. The summed E-state index contributed by atoms with van der Waals surface area (Å²) in [6.45, 7) is -1.74. The van der Waals surface area contributed by atoms with Crippen molar-refractivity contribution in [3.05, 3.63) is 62.6 Å². The van der Waals surface area contributed by atoms with E-state index in [0.29, 0.717) is 43.0 Å². The number of nitrogens with zero attached hydrogens (tertiary/aromatic N) is 3. The van der Waals surface area contributed by atoms with Crippen LogP contribution in [0.3, 0.4) is 0 Å². The van der Waals surface area contributed by atoms with Crippen molar-refractivity contribution < 1.29 is 32.2 Å². The molecule has 1 fully saturated rings. The van der Waals surface area contributed by atoms with Gasteiger partial charge >= 0.3 is 5.69 Å². The Morgan fingerprint density at radius 3 is 2.29 bits per heavy atom. The van der Waals surface area contributed by atoms with E-state index in [9.17, 15) is 23.2 Å². The average molecular weight is 536 g/mol. The molecule has 1 aromatic heterocycles. The molecule has 2 heterocycles. The Labute approximate surface area is 215 Å². The van der Waals surface area contributed by atoms with Gasteiger partial charge in [0.1, 0.15) is 13.3 Å². The molecule has 9 nitrogen and oxygen atoms in total. The zero-order chi connectivity index (χ0) is 27.4. The average Bonchev–Trinajstić information content (AvgIpc) is 2.94. The number of ether oxygens (including phenoxy) is 3. The number of amides is 1. The highest BCUT2D eigenvalue weighted by molar-refractivity contribution is 5.80. The first-order valence-electron chi connectivity index (χ1n) is 12.0. The summed E-state index contributed by atoms with van der Waals surface area (Å²) in [6.07, 6.45) is 0.0152. The van der Waals surface area contributed by atoms with Crippen LogP contribution in [0.5, 0.6) is 17.2 Å². The Morgan fingerprint density at radius 1 is 1.00 bits per heavy atom. The van der Waals surface area contributed by atoms with Crippen LogP contribution in [0.15, 0.2) is 39.9 Å². The Kier molecular flexibility index (Phi) is 8.28. The number of methoxy groups -OCH3 is 2. The monoisotopic (exact) mass is 535 g/mol. The summed E-state index contributed by atoms with van der Waals surface area (Å²) in [4.78, 5) is 40.1. The molecular formula is C26H28F3N3O6. The summed E-state index contributed by atoms with van der Waals surface area (Å²) in [6, 6.07) is 6.59. The highest BCUT2D eigenvalue weighted by atomic mass is 19.1. The van der Waals surface area contributed by atoms with Gasteiger partial charge in [-0.15, -0.1) is 0 Å². The van der Waals surface area contributed by atoms with Crippen LogP contribution in [-0.4, -0.2) is 67.2 Å². The van der Waals surface area contributed by atoms with E-state index >= 15 is 4.39 Å². The predicted molar refractivity (Wildman–Crippen MR) is 133 cm³/mol. The number of piperidine rings is 1. The smallest absolute Gasteiger partial charge is 0.332 e. The number of hydrogen-bond donors (Lipinski definition) is 0. The largest absolute Gasteiger partial charge is 0.493 e. The predicted octanol–water partition coefficient (Wildman–Crippen LogP) is 2.85. The third-order valence-electron chi connectivity index (χ3n) is 6.66. The lowest BCUT2D eigenvalue weighted by Crippen LogP contribution is -2.44. The maximum Gasteiger partial charge on any atom is 0.332 e. The summed E-state index contributed by atoms with van der Waals surface area (Å²) >= 11 is 0. The maximum atomic E-state index is 15.0. The van der Waals surface area contributed by atoms with Crippen LogP contribution in [0.2, 0.25) is 0 Å². The highest BCUT2D eigenvalue weighted by Crippen LogP contribution is 2.30. The molecule has 1 amide bonds. The van der Waals surface area contributed by atoms with Gasteiger partial charge in [0.05, 0.1) is 31.7 Å². The molecule has 0 radical (unpaired) electrons. The first-order chi connectivity index (χ1) is 18.3. The number of carbonyl (C=O) groups excluding carboxylic acids is 1. The van der Waals surface area contributed by atoms with Gasteiger partial charge in [-0.1, -0.05) is 6.07 Å². The van der Waals surface area contributed by atoms with Gasteiger partial charge in [0, 0.05) is 25.2 Å². The standard InChI is InChI=1S/C26H28F3N3O6/c1-36-22-4-3-16(9-24(22)37-2)14-31-25(34)19-10-23(38-18(12-27)13-28)20(29)11-21(19)32(26(31)35)17-5-7-30(15-33)8-6-17/h3-4,9-11,15,17-18H,5-8,12-14H2,1-2H3. The second kappa shape index (κ2) is 11.6. The van der Waals surface area contributed by atoms with Crippen LogP contribution >= 0.6 is 0 Å². The van der Waals surface area contributed by atoms with Crippen LogP contribution in [0.4, 0.5) is 13.2 Å². The second-order valence-corrected chi connectivity index (χ2v) is 8.95. The Balaban J connectivity index is 1.90. The zero-order valence-electron chi connectivity index (χ0n) is 21.0. The molecule has 0 spiro atoms. The van der Waals surface area contributed by atoms with Crippen molar-refractivity contribution >= 4 is 17.3 Å². The van der Waals surface area contributed by atoms with Crippen molar-refractivity contribution in [3.63, 3.8) is 0 Å². The van der Waals surface area contributed by atoms with Gasteiger partial charge in [-0.25, -0.2) is 18.0 Å². The zero-order valence-corrected chi connectivity index (χ0v) is 21.0. The molecule has 0 atom stereocenters. The number of likely N-dealkylation sites (tertiary alicyclic amines) is 1. The number of rotatable bonds is 10. The molecule has 2 aromatic carbocycles. The minimum absolute atomic E-state index is 0.0370. The molecule has 3 aromatic rings. The Hall–Kier alpha value is -3.96. The first kappa shape index (κ1) is 27.1. The van der Waals surface area contributed by atoms with E-state index < -0.39 is 48.3 Å². The van der Waals surface area contributed by atoms with Gasteiger partial charge in [0.25, 0.3) is 5.56 Å². The van der Waals surface area contributed by atoms with Crippen LogP contribution < -0.4 is 25.5 Å². The van der Waals surface area contributed by atoms with Crippen molar-refractivity contribution in [2.24, 2.45) is 0 Å². The SMILES string of the molecule is COc1ccc(Cn2c(=O)c3cc(OC(CF)CF)c(F)cc3n(C3CCN(C=O)CC3)c2=O)cc1OC. The van der Waals surface area contributed by atoms with E-state index in [1.807, 2.05) is 0 Å². The van der Waals surface area contributed by atoms with E-state index in [0.717, 1.165) is 23.1 Å². The number of fused-ring (bicyclic) bond motifs is 1. The minimum Gasteiger partial charge on any atom is -0.493 e. The number of carbonyl (C=O) groups is 1. The molecule has 1 aliphatic rings. The number of aromatic nitrogens is 2. The van der Waals surface area contributed by atoms with E-state index in [-0.39, 0.29) is 17.4 Å². The number of hydrogen-bond acceptors (Lipinski definition) is 6. The van der Waals surface area contributed by atoms with E-state index in [4.69, 9.17) is 14.2 Å². The maximum absolute atomic E-state index is 15.0. The summed E-state index contributed by atoms with van der Waals surface area (Å²) < 4.78 is 59.2. The molecule has 0 unspecified atom stereocenters. The topological polar surface area (TPSA) is 92.0 Å². The summed E-state index contributed by atoms with van der Waals surface area (Å²) in [5.74, 6) is -0.580. The lowest BCUT2D eigenvalue weighted by molar-refractivity contribution is -0.119. The van der Waals surface area contributed by atoms with Crippen molar-refractivity contribution in [1.82, 2.24) is 14.0 Å². The van der Waals surface area contributed by atoms with Crippen LogP contribution in [0.25, 0.3) is 10.9 Å². The lowest BCUT2D eigenvalue weighted by atomic mass is 10.0. The molecule has 0 bridgehead atoms. The third-order valence-corrected chi connectivity index (χ3v) is 6.66. The Morgan fingerprint density at radius 2 is 1.68 bits per heavy atom. The van der Waals surface area contributed by atoms with Crippen molar-refractivity contribution in [3.8, 4) is 17.2 Å². The fourth-order valence-electron chi connectivity index (χ4n) is 4.66. The van der Waals surface area contributed by atoms with E-state index in [1.54, 1.807) is 23.1 Å². The molecule has 1 aliphatic heterocycles. The first-order valence-corrected chi connectivity index (χ1v) is 12.0. The molecule has 0 saturated carbocycles.